The van der Waals surface area contributed by atoms with Gasteiger partial charge >= 0.3 is 11.9 Å². The Labute approximate surface area is 207 Å². The molecule has 0 heterocycles. The third kappa shape index (κ3) is 12.5. The summed E-state index contributed by atoms with van der Waals surface area (Å²) < 4.78 is 31.7. The minimum absolute atomic E-state index is 0.0747. The molecule has 0 radical (unpaired) electrons. The molecule has 0 fully saturated rings. The molecule has 2 unspecified atom stereocenters. The second-order valence-corrected chi connectivity index (χ2v) is 11.4. The van der Waals surface area contributed by atoms with Crippen LogP contribution in [0.4, 0.5) is 0 Å². The SMILES string of the molecule is CCCCCCCCCCCCCCC(C(=O)O)C(CCCCCCCC)(C(=O)O)S(=O)(=O)O. The summed E-state index contributed by atoms with van der Waals surface area (Å²) >= 11 is 0. The van der Waals surface area contributed by atoms with E-state index in [2.05, 4.69) is 13.8 Å². The molecular formula is C26H50O7S. The third-order valence-electron chi connectivity index (χ3n) is 6.93. The summed E-state index contributed by atoms with van der Waals surface area (Å²) in [6.45, 7) is 4.28. The van der Waals surface area contributed by atoms with Gasteiger partial charge in [-0.05, 0) is 12.8 Å². The zero-order chi connectivity index (χ0) is 25.9. The van der Waals surface area contributed by atoms with Gasteiger partial charge in [0.05, 0.1) is 5.92 Å². The Morgan fingerprint density at radius 2 is 1.00 bits per heavy atom. The van der Waals surface area contributed by atoms with Crippen molar-refractivity contribution in [2.45, 2.75) is 147 Å². The maximum Gasteiger partial charge on any atom is 0.328 e. The average Bonchev–Trinajstić information content (AvgIpc) is 2.76. The molecule has 0 aliphatic heterocycles. The fourth-order valence-corrected chi connectivity index (χ4v) is 5.96. The van der Waals surface area contributed by atoms with Crippen molar-refractivity contribution in [2.24, 2.45) is 5.92 Å². The predicted octanol–water partition coefficient (Wildman–Crippen LogP) is 7.24. The molecule has 0 aliphatic rings. The van der Waals surface area contributed by atoms with Crippen molar-refractivity contribution in [3.05, 3.63) is 0 Å². The predicted molar refractivity (Wildman–Crippen MR) is 137 cm³/mol. The first-order valence-electron chi connectivity index (χ1n) is 13.6. The molecule has 0 aliphatic carbocycles. The number of hydrogen-bond donors (Lipinski definition) is 3. The molecule has 34 heavy (non-hydrogen) atoms. The number of carboxylic acid groups (broad SMARTS) is 2. The normalized spacial score (nSPS) is 14.6. The molecule has 7 nitrogen and oxygen atoms in total. The highest BCUT2D eigenvalue weighted by Gasteiger charge is 2.58. The minimum atomic E-state index is -5.11. The van der Waals surface area contributed by atoms with Crippen LogP contribution in [0.15, 0.2) is 0 Å². The lowest BCUT2D eigenvalue weighted by Crippen LogP contribution is -2.55. The van der Waals surface area contributed by atoms with Crippen molar-refractivity contribution in [3.8, 4) is 0 Å². The number of carbonyl (C=O) groups is 2. The van der Waals surface area contributed by atoms with Gasteiger partial charge in [-0.2, -0.15) is 8.42 Å². The molecule has 0 bridgehead atoms. The van der Waals surface area contributed by atoms with Crippen LogP contribution >= 0.6 is 0 Å². The van der Waals surface area contributed by atoms with Crippen molar-refractivity contribution < 1.29 is 32.8 Å². The van der Waals surface area contributed by atoms with E-state index in [0.29, 0.717) is 12.8 Å². The monoisotopic (exact) mass is 506 g/mol. The summed E-state index contributed by atoms with van der Waals surface area (Å²) in [6.07, 6.45) is 17.3. The Bertz CT molecular complexity index is 648. The Kier molecular flexibility index (Phi) is 18.4. The number of hydrogen-bond acceptors (Lipinski definition) is 4. The van der Waals surface area contributed by atoms with Gasteiger partial charge in [0.2, 0.25) is 4.75 Å². The largest absolute Gasteiger partial charge is 0.481 e. The van der Waals surface area contributed by atoms with Crippen molar-refractivity contribution in [3.63, 3.8) is 0 Å². The lowest BCUT2D eigenvalue weighted by atomic mass is 9.82. The molecule has 3 N–H and O–H groups in total. The van der Waals surface area contributed by atoms with Gasteiger partial charge in [-0.3, -0.25) is 14.1 Å². The van der Waals surface area contributed by atoms with Crippen molar-refractivity contribution in [2.75, 3.05) is 0 Å². The molecule has 0 saturated heterocycles. The zero-order valence-corrected chi connectivity index (χ0v) is 22.4. The first kappa shape index (κ1) is 32.8. The van der Waals surface area contributed by atoms with Gasteiger partial charge < -0.3 is 10.2 Å². The Hall–Kier alpha value is -1.15. The fraction of sp³-hybridized carbons (Fsp3) is 0.923. The Morgan fingerprint density at radius 3 is 1.32 bits per heavy atom. The van der Waals surface area contributed by atoms with Crippen LogP contribution < -0.4 is 0 Å². The summed E-state index contributed by atoms with van der Waals surface area (Å²) in [7, 11) is -5.11. The molecule has 0 aromatic carbocycles. The van der Waals surface area contributed by atoms with Crippen molar-refractivity contribution in [1.82, 2.24) is 0 Å². The van der Waals surface area contributed by atoms with Gasteiger partial charge in [0.1, 0.15) is 0 Å². The van der Waals surface area contributed by atoms with Crippen LogP contribution in [0.1, 0.15) is 142 Å². The van der Waals surface area contributed by atoms with Crippen LogP contribution in [-0.2, 0) is 19.7 Å². The molecule has 2 atom stereocenters. The van der Waals surface area contributed by atoms with Crippen LogP contribution in [0.3, 0.4) is 0 Å². The average molecular weight is 507 g/mol. The van der Waals surface area contributed by atoms with E-state index in [1.54, 1.807) is 0 Å². The minimum Gasteiger partial charge on any atom is -0.481 e. The van der Waals surface area contributed by atoms with E-state index in [9.17, 15) is 32.8 Å². The lowest BCUT2D eigenvalue weighted by molar-refractivity contribution is -0.152. The maximum absolute atomic E-state index is 12.2. The van der Waals surface area contributed by atoms with Gasteiger partial charge in [-0.15, -0.1) is 0 Å². The van der Waals surface area contributed by atoms with Gasteiger partial charge in [0.25, 0.3) is 10.1 Å². The highest BCUT2D eigenvalue weighted by atomic mass is 32.2. The van der Waals surface area contributed by atoms with Gasteiger partial charge in [0.15, 0.2) is 0 Å². The zero-order valence-electron chi connectivity index (χ0n) is 21.6. The smallest absolute Gasteiger partial charge is 0.328 e. The summed E-state index contributed by atoms with van der Waals surface area (Å²) in [5.74, 6) is -4.91. The van der Waals surface area contributed by atoms with Gasteiger partial charge in [-0.25, -0.2) is 0 Å². The quantitative estimate of drug-likeness (QED) is 0.0929. The summed E-state index contributed by atoms with van der Waals surface area (Å²) in [6, 6.07) is 0. The van der Waals surface area contributed by atoms with E-state index >= 15 is 0 Å². The van der Waals surface area contributed by atoms with Gasteiger partial charge in [-0.1, -0.05) is 129 Å². The molecule has 0 rings (SSSR count). The van der Waals surface area contributed by atoms with Crippen molar-refractivity contribution >= 4 is 22.1 Å². The topological polar surface area (TPSA) is 129 Å². The van der Waals surface area contributed by atoms with E-state index in [4.69, 9.17) is 0 Å². The highest BCUT2D eigenvalue weighted by Crippen LogP contribution is 2.37. The second kappa shape index (κ2) is 19.1. The van der Waals surface area contributed by atoms with Gasteiger partial charge in [0, 0.05) is 0 Å². The Balaban J connectivity index is 4.70. The summed E-state index contributed by atoms with van der Waals surface area (Å²) in [5.41, 5.74) is 0. The molecule has 0 aromatic rings. The molecule has 0 saturated carbocycles. The molecule has 0 amide bonds. The van der Waals surface area contributed by atoms with E-state index < -0.39 is 32.7 Å². The third-order valence-corrected chi connectivity index (χ3v) is 8.52. The number of carboxylic acids is 2. The van der Waals surface area contributed by atoms with E-state index in [0.717, 1.165) is 51.4 Å². The first-order chi connectivity index (χ1) is 16.1. The molecule has 0 aromatic heterocycles. The first-order valence-corrected chi connectivity index (χ1v) is 15.0. The molecule has 0 spiro atoms. The number of aliphatic carboxylic acids is 2. The molecule has 202 valence electrons. The van der Waals surface area contributed by atoms with E-state index in [-0.39, 0.29) is 19.3 Å². The van der Waals surface area contributed by atoms with E-state index in [1.807, 2.05) is 0 Å². The lowest BCUT2D eigenvalue weighted by Gasteiger charge is -2.32. The second-order valence-electron chi connectivity index (χ2n) is 9.76. The maximum atomic E-state index is 12.2. The van der Waals surface area contributed by atoms with Crippen LogP contribution in [-0.4, -0.2) is 39.9 Å². The Morgan fingerprint density at radius 1 is 0.647 bits per heavy atom. The van der Waals surface area contributed by atoms with Crippen molar-refractivity contribution in [1.29, 1.82) is 0 Å². The van der Waals surface area contributed by atoms with Crippen LogP contribution in [0, 0.1) is 5.92 Å². The summed E-state index contributed by atoms with van der Waals surface area (Å²) in [4.78, 5) is 24.1. The fourth-order valence-electron chi connectivity index (χ4n) is 4.76. The summed E-state index contributed by atoms with van der Waals surface area (Å²) in [5, 5.41) is 19.5. The standard InChI is InChI=1S/C26H50O7S/c1-3-5-7-9-11-12-13-14-15-16-17-19-21-23(24(27)28)26(25(29)30,34(31,32)33)22-20-18-10-8-6-4-2/h23H,3-22H2,1-2H3,(H,27,28)(H,29,30)(H,31,32,33). The molecule has 8 heteroatoms. The van der Waals surface area contributed by atoms with Crippen LogP contribution in [0.25, 0.3) is 0 Å². The van der Waals surface area contributed by atoms with Crippen LogP contribution in [0.2, 0.25) is 0 Å². The van der Waals surface area contributed by atoms with E-state index in [1.165, 1.54) is 44.9 Å². The number of unbranched alkanes of at least 4 members (excludes halogenated alkanes) is 16. The molecular weight excluding hydrogens is 456 g/mol. The highest BCUT2D eigenvalue weighted by molar-refractivity contribution is 7.88. The van der Waals surface area contributed by atoms with Crippen LogP contribution in [0.5, 0.6) is 0 Å². The number of rotatable bonds is 24.